The predicted molar refractivity (Wildman–Crippen MR) is 80.4 cm³/mol. The summed E-state index contributed by atoms with van der Waals surface area (Å²) in [4.78, 5) is 16.3. The van der Waals surface area contributed by atoms with Crippen molar-refractivity contribution in [2.24, 2.45) is 5.41 Å². The first-order valence-corrected chi connectivity index (χ1v) is 7.92. The van der Waals surface area contributed by atoms with Gasteiger partial charge in [0.25, 0.3) is 0 Å². The molecule has 0 N–H and O–H groups in total. The quantitative estimate of drug-likeness (QED) is 0.540. The van der Waals surface area contributed by atoms with Crippen molar-refractivity contribution in [1.29, 1.82) is 0 Å². The predicted octanol–water partition coefficient (Wildman–Crippen LogP) is 2.93. The molecule has 1 saturated heterocycles. The average Bonchev–Trinajstić information content (AvgIpc) is 2.31. The van der Waals surface area contributed by atoms with Crippen molar-refractivity contribution in [3.63, 3.8) is 0 Å². The van der Waals surface area contributed by atoms with Crippen LogP contribution < -0.4 is 4.74 Å². The van der Waals surface area contributed by atoms with Gasteiger partial charge in [0.15, 0.2) is 5.75 Å². The number of hydrogen-bond acceptors (Lipinski definition) is 3. The molecule has 2 fully saturated rings. The topological polar surface area (TPSA) is 42.4 Å². The lowest BCUT2D eigenvalue weighted by Crippen LogP contribution is -2.67. The van der Waals surface area contributed by atoms with Gasteiger partial charge >= 0.3 is 12.1 Å². The number of amides is 1. The highest BCUT2D eigenvalue weighted by Gasteiger charge is 2.58. The van der Waals surface area contributed by atoms with E-state index in [1.165, 1.54) is 0 Å². The molecule has 1 spiro atoms. The molecule has 2 aliphatic rings. The van der Waals surface area contributed by atoms with Crippen molar-refractivity contribution in [2.75, 3.05) is 13.1 Å². The van der Waals surface area contributed by atoms with Crippen molar-refractivity contribution >= 4 is 28.5 Å². The lowest BCUT2D eigenvalue weighted by atomic mass is 9.61. The zero-order chi connectivity index (χ0) is 16.1. The summed E-state index contributed by atoms with van der Waals surface area (Å²) in [6.45, 7) is 2.24. The molecule has 0 aromatic carbocycles. The number of carbonyl (C=O) groups excluding carboxylic acids is 1. The Balaban J connectivity index is 1.51. The molecule has 0 radical (unpaired) electrons. The Bertz CT molecular complexity index is 607. The number of likely N-dealkylation sites (tertiary alicyclic amines) is 1. The number of nitrogens with zero attached hydrogens (tertiary/aromatic N) is 2. The minimum Gasteiger partial charge on any atom is -0.488 e. The van der Waals surface area contributed by atoms with Crippen LogP contribution in [0, 0.1) is 16.0 Å². The minimum atomic E-state index is -4.77. The van der Waals surface area contributed by atoms with Crippen LogP contribution in [0.4, 0.5) is 13.2 Å². The molecule has 1 saturated carbocycles. The van der Waals surface area contributed by atoms with E-state index in [2.05, 4.69) is 27.6 Å². The Morgan fingerprint density at radius 2 is 2.05 bits per heavy atom. The zero-order valence-corrected chi connectivity index (χ0v) is 13.9. The largest absolute Gasteiger partial charge is 0.488 e. The molecule has 4 nitrogen and oxygen atoms in total. The Kier molecular flexibility index (Phi) is 3.77. The second-order valence-electron chi connectivity index (χ2n) is 6.05. The van der Waals surface area contributed by atoms with Crippen molar-refractivity contribution in [3.8, 4) is 5.75 Å². The van der Waals surface area contributed by atoms with Gasteiger partial charge in [0.05, 0.1) is 0 Å². The standard InChI is InChI=1S/C14H14F3IN2O2/c1-8-2-3-10(11(18)19-8)22-9-4-13(5-9)6-20(7-13)12(21)14(15,16)17/h2-3,9H,4-7H2,1H3. The fourth-order valence-corrected chi connectivity index (χ4v) is 3.80. The number of alkyl halides is 3. The highest BCUT2D eigenvalue weighted by atomic mass is 127. The molecule has 1 aromatic heterocycles. The van der Waals surface area contributed by atoms with Crippen LogP contribution in [0.25, 0.3) is 0 Å². The number of aryl methyl sites for hydroxylation is 1. The SMILES string of the molecule is Cc1ccc(OC2CC3(C2)CN(C(=O)C(F)(F)F)C3)c(I)n1. The van der Waals surface area contributed by atoms with Gasteiger partial charge in [0, 0.05) is 24.2 Å². The van der Waals surface area contributed by atoms with Gasteiger partial charge in [-0.15, -0.1) is 0 Å². The van der Waals surface area contributed by atoms with E-state index >= 15 is 0 Å². The van der Waals surface area contributed by atoms with Crippen LogP contribution >= 0.6 is 22.6 Å². The molecule has 8 heteroatoms. The summed E-state index contributed by atoms with van der Waals surface area (Å²) in [7, 11) is 0. The first-order chi connectivity index (χ1) is 10.2. The number of aromatic nitrogens is 1. The average molecular weight is 426 g/mol. The number of ether oxygens (including phenoxy) is 1. The second kappa shape index (κ2) is 5.24. The summed E-state index contributed by atoms with van der Waals surface area (Å²) in [5, 5.41) is 0. The minimum absolute atomic E-state index is 0.0128. The molecule has 3 rings (SSSR count). The van der Waals surface area contributed by atoms with E-state index in [9.17, 15) is 18.0 Å². The van der Waals surface area contributed by atoms with Crippen LogP contribution in [0.15, 0.2) is 12.1 Å². The lowest BCUT2D eigenvalue weighted by molar-refractivity contribution is -0.205. The third-order valence-corrected chi connectivity index (χ3v) is 4.92. The van der Waals surface area contributed by atoms with E-state index in [0.717, 1.165) is 14.3 Å². The van der Waals surface area contributed by atoms with Crippen molar-refractivity contribution in [2.45, 2.75) is 32.0 Å². The zero-order valence-electron chi connectivity index (χ0n) is 11.8. The van der Waals surface area contributed by atoms with Gasteiger partial charge in [-0.25, -0.2) is 4.98 Å². The van der Waals surface area contributed by atoms with Crippen LogP contribution in [0.5, 0.6) is 5.75 Å². The summed E-state index contributed by atoms with van der Waals surface area (Å²) in [6, 6.07) is 3.72. The van der Waals surface area contributed by atoms with E-state index in [1.807, 2.05) is 19.1 Å². The highest BCUT2D eigenvalue weighted by molar-refractivity contribution is 14.1. The molecule has 22 heavy (non-hydrogen) atoms. The fraction of sp³-hybridized carbons (Fsp3) is 0.571. The van der Waals surface area contributed by atoms with Crippen LogP contribution in [-0.4, -0.2) is 41.2 Å². The normalized spacial score (nSPS) is 20.5. The Labute approximate surface area is 139 Å². The van der Waals surface area contributed by atoms with Gasteiger partial charge in [-0.3, -0.25) is 4.79 Å². The van der Waals surface area contributed by atoms with Gasteiger partial charge < -0.3 is 9.64 Å². The second-order valence-corrected chi connectivity index (χ2v) is 7.07. The molecule has 2 heterocycles. The summed E-state index contributed by atoms with van der Waals surface area (Å²) in [6.07, 6.45) is -3.43. The van der Waals surface area contributed by atoms with E-state index in [1.54, 1.807) is 0 Å². The number of halogens is 4. The van der Waals surface area contributed by atoms with Crippen LogP contribution in [0.2, 0.25) is 0 Å². The maximum atomic E-state index is 12.3. The Morgan fingerprint density at radius 3 is 2.59 bits per heavy atom. The molecule has 120 valence electrons. The molecule has 1 aliphatic carbocycles. The van der Waals surface area contributed by atoms with Gasteiger partial charge in [-0.1, -0.05) is 0 Å². The molecule has 1 aromatic rings. The number of carbonyl (C=O) groups is 1. The van der Waals surface area contributed by atoms with Crippen molar-refractivity contribution < 1.29 is 22.7 Å². The highest BCUT2D eigenvalue weighted by Crippen LogP contribution is 2.50. The smallest absolute Gasteiger partial charge is 0.471 e. The Hall–Kier alpha value is -1.06. The van der Waals surface area contributed by atoms with E-state index in [0.29, 0.717) is 18.6 Å². The number of rotatable bonds is 2. The van der Waals surface area contributed by atoms with E-state index in [-0.39, 0.29) is 24.6 Å². The van der Waals surface area contributed by atoms with Gasteiger partial charge in [0.1, 0.15) is 9.80 Å². The van der Waals surface area contributed by atoms with Crippen molar-refractivity contribution in [1.82, 2.24) is 9.88 Å². The molecule has 1 amide bonds. The van der Waals surface area contributed by atoms with Crippen LogP contribution in [-0.2, 0) is 4.79 Å². The molecular formula is C14H14F3IN2O2. The first-order valence-electron chi connectivity index (χ1n) is 6.84. The Morgan fingerprint density at radius 1 is 1.41 bits per heavy atom. The molecule has 0 unspecified atom stereocenters. The first kappa shape index (κ1) is 15.8. The van der Waals surface area contributed by atoms with Crippen LogP contribution in [0.3, 0.4) is 0 Å². The summed E-state index contributed by atoms with van der Waals surface area (Å²) < 4.78 is 43.5. The third-order valence-electron chi connectivity index (χ3n) is 4.15. The lowest BCUT2D eigenvalue weighted by Gasteiger charge is -2.58. The maximum absolute atomic E-state index is 12.3. The van der Waals surface area contributed by atoms with Crippen molar-refractivity contribution in [3.05, 3.63) is 21.5 Å². The van der Waals surface area contributed by atoms with Gasteiger partial charge in [0.2, 0.25) is 0 Å². The molecule has 0 bridgehead atoms. The number of hydrogen-bond donors (Lipinski definition) is 0. The van der Waals surface area contributed by atoms with Gasteiger partial charge in [-0.05, 0) is 54.5 Å². The van der Waals surface area contributed by atoms with E-state index in [4.69, 9.17) is 4.74 Å². The molecule has 1 aliphatic heterocycles. The maximum Gasteiger partial charge on any atom is 0.471 e. The number of pyridine rings is 1. The fourth-order valence-electron chi connectivity index (χ4n) is 3.11. The molecular weight excluding hydrogens is 412 g/mol. The summed E-state index contributed by atoms with van der Waals surface area (Å²) in [5.41, 5.74) is 0.719. The summed E-state index contributed by atoms with van der Waals surface area (Å²) in [5.74, 6) is -1.03. The van der Waals surface area contributed by atoms with Gasteiger partial charge in [-0.2, -0.15) is 13.2 Å². The monoisotopic (exact) mass is 426 g/mol. The third kappa shape index (κ3) is 2.89. The molecule has 0 atom stereocenters. The van der Waals surface area contributed by atoms with E-state index < -0.39 is 12.1 Å². The van der Waals surface area contributed by atoms with Crippen LogP contribution in [0.1, 0.15) is 18.5 Å². The summed E-state index contributed by atoms with van der Waals surface area (Å²) >= 11 is 2.10.